The van der Waals surface area contributed by atoms with Crippen LogP contribution in [0.4, 0.5) is 8.78 Å². The molecule has 1 N–H and O–H groups in total. The van der Waals surface area contributed by atoms with Gasteiger partial charge in [0.25, 0.3) is 5.92 Å². The molecule has 1 aromatic heterocycles. The van der Waals surface area contributed by atoms with Gasteiger partial charge < -0.3 is 5.11 Å². The van der Waals surface area contributed by atoms with Crippen LogP contribution in [-0.4, -0.2) is 21.8 Å². The Hall–Kier alpha value is -1.95. The maximum Gasteiger partial charge on any atom is 0.335 e. The number of thioether (sulfide) groups is 1. The highest BCUT2D eigenvalue weighted by Crippen LogP contribution is 2.33. The number of aromatic nitrogens is 1. The number of carboxylic acids is 1. The van der Waals surface area contributed by atoms with E-state index in [1.165, 1.54) is 30.5 Å². The summed E-state index contributed by atoms with van der Waals surface area (Å²) in [5, 5.41) is 9.09. The average molecular weight is 295 g/mol. The molecule has 3 nitrogen and oxygen atoms in total. The molecule has 0 aliphatic rings. The van der Waals surface area contributed by atoms with Crippen molar-refractivity contribution >= 4 is 17.7 Å². The molecule has 0 spiro atoms. The van der Waals surface area contributed by atoms with Gasteiger partial charge in [-0.1, -0.05) is 42.1 Å². The molecule has 0 aliphatic carbocycles. The van der Waals surface area contributed by atoms with E-state index in [1.807, 2.05) is 0 Å². The van der Waals surface area contributed by atoms with Gasteiger partial charge in [-0.3, -0.25) is 0 Å². The quantitative estimate of drug-likeness (QED) is 0.855. The number of benzene rings is 1. The van der Waals surface area contributed by atoms with Crippen LogP contribution in [0.25, 0.3) is 0 Å². The fourth-order valence-corrected chi connectivity index (χ4v) is 2.39. The summed E-state index contributed by atoms with van der Waals surface area (Å²) in [4.78, 5) is 14.7. The van der Waals surface area contributed by atoms with Gasteiger partial charge in [0.15, 0.2) is 0 Å². The molecule has 0 aliphatic heterocycles. The van der Waals surface area contributed by atoms with Crippen molar-refractivity contribution in [2.75, 3.05) is 5.75 Å². The zero-order valence-corrected chi connectivity index (χ0v) is 11.1. The normalized spacial score (nSPS) is 11.3. The molecule has 0 bridgehead atoms. The second-order valence-electron chi connectivity index (χ2n) is 4.05. The predicted octanol–water partition coefficient (Wildman–Crippen LogP) is 3.66. The fourth-order valence-electron chi connectivity index (χ4n) is 1.55. The van der Waals surface area contributed by atoms with Crippen LogP contribution >= 0.6 is 11.8 Å². The number of alkyl halides is 2. The molecule has 6 heteroatoms. The van der Waals surface area contributed by atoms with E-state index >= 15 is 0 Å². The summed E-state index contributed by atoms with van der Waals surface area (Å²) in [6.45, 7) is 0. The first kappa shape index (κ1) is 14.5. The van der Waals surface area contributed by atoms with E-state index in [4.69, 9.17) is 5.11 Å². The monoisotopic (exact) mass is 295 g/mol. The fraction of sp³-hybridized carbons (Fsp3) is 0.143. The van der Waals surface area contributed by atoms with Crippen molar-refractivity contribution < 1.29 is 18.7 Å². The minimum atomic E-state index is -2.99. The van der Waals surface area contributed by atoms with Gasteiger partial charge in [-0.05, 0) is 12.1 Å². The van der Waals surface area contributed by atoms with E-state index in [9.17, 15) is 13.6 Å². The van der Waals surface area contributed by atoms with Crippen LogP contribution in [0.1, 0.15) is 15.9 Å². The van der Waals surface area contributed by atoms with Gasteiger partial charge in [0.2, 0.25) is 0 Å². The maximum absolute atomic E-state index is 13.9. The van der Waals surface area contributed by atoms with E-state index in [-0.39, 0.29) is 16.2 Å². The average Bonchev–Trinajstić information content (AvgIpc) is 2.46. The lowest BCUT2D eigenvalue weighted by Gasteiger charge is -2.15. The van der Waals surface area contributed by atoms with Crippen molar-refractivity contribution in [2.45, 2.75) is 10.9 Å². The van der Waals surface area contributed by atoms with E-state index in [2.05, 4.69) is 4.98 Å². The summed E-state index contributed by atoms with van der Waals surface area (Å²) in [6.07, 6.45) is 1.30. The smallest absolute Gasteiger partial charge is 0.335 e. The lowest BCUT2D eigenvalue weighted by atomic mass is 10.1. The highest BCUT2D eigenvalue weighted by Gasteiger charge is 2.31. The van der Waals surface area contributed by atoms with Crippen LogP contribution in [0.5, 0.6) is 0 Å². The number of hydrogen-bond donors (Lipinski definition) is 1. The van der Waals surface area contributed by atoms with Crippen LogP contribution in [0.15, 0.2) is 53.7 Å². The summed E-state index contributed by atoms with van der Waals surface area (Å²) in [5.41, 5.74) is -0.0348. The summed E-state index contributed by atoms with van der Waals surface area (Å²) < 4.78 is 27.9. The van der Waals surface area contributed by atoms with Crippen LogP contribution in [0.2, 0.25) is 0 Å². The highest BCUT2D eigenvalue weighted by atomic mass is 32.2. The Morgan fingerprint density at radius 3 is 2.60 bits per heavy atom. The maximum atomic E-state index is 13.9. The summed E-state index contributed by atoms with van der Waals surface area (Å²) >= 11 is 0.829. The van der Waals surface area contributed by atoms with E-state index in [0.717, 1.165) is 11.8 Å². The minimum absolute atomic E-state index is 0.0329. The van der Waals surface area contributed by atoms with Crippen LogP contribution in [-0.2, 0) is 5.92 Å². The molecule has 1 aromatic carbocycles. The molecule has 2 aromatic rings. The van der Waals surface area contributed by atoms with E-state index < -0.39 is 17.6 Å². The van der Waals surface area contributed by atoms with Crippen molar-refractivity contribution in [3.05, 3.63) is 59.8 Å². The van der Waals surface area contributed by atoms with E-state index in [1.54, 1.807) is 18.2 Å². The molecular formula is C14H11F2NO2S. The van der Waals surface area contributed by atoms with Crippen molar-refractivity contribution in [2.24, 2.45) is 0 Å². The Kier molecular flexibility index (Phi) is 4.34. The van der Waals surface area contributed by atoms with Crippen molar-refractivity contribution in [1.29, 1.82) is 0 Å². The van der Waals surface area contributed by atoms with Crippen LogP contribution < -0.4 is 0 Å². The largest absolute Gasteiger partial charge is 0.478 e. The number of aromatic carboxylic acids is 1. The third-order valence-corrected chi connectivity index (χ3v) is 3.61. The SMILES string of the molecule is O=C(O)c1ccnc(SCC(F)(F)c2ccccc2)c1. The van der Waals surface area contributed by atoms with Gasteiger partial charge in [-0.2, -0.15) is 0 Å². The molecule has 0 fully saturated rings. The van der Waals surface area contributed by atoms with Crippen molar-refractivity contribution in [1.82, 2.24) is 4.98 Å². The van der Waals surface area contributed by atoms with Crippen molar-refractivity contribution in [3.63, 3.8) is 0 Å². The number of rotatable bonds is 5. The van der Waals surface area contributed by atoms with Gasteiger partial charge in [-0.15, -0.1) is 0 Å². The van der Waals surface area contributed by atoms with Gasteiger partial charge in [0.05, 0.1) is 16.3 Å². The lowest BCUT2D eigenvalue weighted by molar-refractivity contribution is 0.0231. The van der Waals surface area contributed by atoms with Gasteiger partial charge in [0.1, 0.15) is 0 Å². The molecular weight excluding hydrogens is 284 g/mol. The number of nitrogens with zero attached hydrogens (tertiary/aromatic N) is 1. The molecule has 20 heavy (non-hydrogen) atoms. The third-order valence-electron chi connectivity index (χ3n) is 2.58. The number of halogens is 2. The zero-order chi connectivity index (χ0) is 14.6. The Balaban J connectivity index is 2.08. The minimum Gasteiger partial charge on any atom is -0.478 e. The van der Waals surface area contributed by atoms with Gasteiger partial charge >= 0.3 is 5.97 Å². The highest BCUT2D eigenvalue weighted by molar-refractivity contribution is 7.99. The molecule has 0 atom stereocenters. The summed E-state index contributed by atoms with van der Waals surface area (Å²) in [5.74, 6) is -4.59. The molecule has 1 heterocycles. The Labute approximate surface area is 118 Å². The Morgan fingerprint density at radius 2 is 1.95 bits per heavy atom. The second-order valence-corrected chi connectivity index (χ2v) is 5.04. The molecule has 0 amide bonds. The molecule has 0 radical (unpaired) electrons. The Bertz CT molecular complexity index is 605. The van der Waals surface area contributed by atoms with Crippen LogP contribution in [0, 0.1) is 0 Å². The van der Waals surface area contributed by atoms with E-state index in [0.29, 0.717) is 0 Å². The summed E-state index contributed by atoms with van der Waals surface area (Å²) in [6, 6.07) is 10.1. The first-order valence-electron chi connectivity index (χ1n) is 5.74. The molecule has 104 valence electrons. The summed E-state index contributed by atoms with van der Waals surface area (Å²) in [7, 11) is 0. The topological polar surface area (TPSA) is 50.2 Å². The first-order chi connectivity index (χ1) is 9.49. The van der Waals surface area contributed by atoms with Crippen LogP contribution in [0.3, 0.4) is 0 Å². The zero-order valence-electron chi connectivity index (χ0n) is 10.3. The number of pyridine rings is 1. The predicted molar refractivity (Wildman–Crippen MR) is 72.3 cm³/mol. The van der Waals surface area contributed by atoms with Gasteiger partial charge in [-0.25, -0.2) is 18.6 Å². The van der Waals surface area contributed by atoms with Gasteiger partial charge in [0, 0.05) is 11.8 Å². The number of carbonyl (C=O) groups is 1. The third kappa shape index (κ3) is 3.54. The first-order valence-corrected chi connectivity index (χ1v) is 6.73. The molecule has 2 rings (SSSR count). The van der Waals surface area contributed by atoms with Crippen molar-refractivity contribution in [3.8, 4) is 0 Å². The number of carboxylic acid groups (broad SMARTS) is 1. The molecule has 0 saturated heterocycles. The standard InChI is InChI=1S/C14H11F2NO2S/c15-14(16,11-4-2-1-3-5-11)9-20-12-8-10(13(18)19)6-7-17-12/h1-8H,9H2,(H,18,19). The lowest BCUT2D eigenvalue weighted by Crippen LogP contribution is -2.16. The Morgan fingerprint density at radius 1 is 1.25 bits per heavy atom. The molecule has 0 saturated carbocycles. The number of hydrogen-bond acceptors (Lipinski definition) is 3. The second kappa shape index (κ2) is 6.00. The molecule has 0 unspecified atom stereocenters.